The lowest BCUT2D eigenvalue weighted by molar-refractivity contribution is -0.133. The van der Waals surface area contributed by atoms with Gasteiger partial charge in [-0.1, -0.05) is 0 Å². The Morgan fingerprint density at radius 1 is 1.02 bits per heavy atom. The number of hydrogen-bond acceptors (Lipinski definition) is 8. The van der Waals surface area contributed by atoms with Crippen LogP contribution in [0.1, 0.15) is 12.8 Å². The van der Waals surface area contributed by atoms with Crippen molar-refractivity contribution in [3.63, 3.8) is 0 Å². The number of β-amino-alcohol motifs (C(OH)–C–C–N with tert-alkyl or cyclic N) is 1. The van der Waals surface area contributed by atoms with Crippen LogP contribution in [0.2, 0.25) is 0 Å². The number of halogens is 3. The number of hydrogen-bond donors (Lipinski definition) is 5. The van der Waals surface area contributed by atoms with Gasteiger partial charge >= 0.3 is 16.4 Å². The van der Waals surface area contributed by atoms with E-state index in [1.54, 1.807) is 0 Å². The summed E-state index contributed by atoms with van der Waals surface area (Å²) in [5.41, 5.74) is 3.34. The van der Waals surface area contributed by atoms with E-state index in [0.29, 0.717) is 0 Å². The van der Waals surface area contributed by atoms with Gasteiger partial charge in [-0.2, -0.15) is 8.42 Å². The molecule has 0 spiro atoms. The number of carbonyl (C=O) groups excluding carboxylic acids is 3. The maximum atomic E-state index is 15.4. The predicted octanol–water partition coefficient (Wildman–Crippen LogP) is 2.78. The third kappa shape index (κ3) is 7.59. The number of likely N-dealkylation sites (tertiary alicyclic amines) is 1. The summed E-state index contributed by atoms with van der Waals surface area (Å²) in [5, 5.41) is 11.8. The van der Waals surface area contributed by atoms with Crippen molar-refractivity contribution in [2.24, 2.45) is 11.1 Å². The van der Waals surface area contributed by atoms with Crippen molar-refractivity contribution in [2.75, 3.05) is 23.3 Å². The zero-order valence-electron chi connectivity index (χ0n) is 22.4. The van der Waals surface area contributed by atoms with Gasteiger partial charge in [-0.15, -0.1) is 0 Å². The lowest BCUT2D eigenvalue weighted by atomic mass is 10.0. The first-order chi connectivity index (χ1) is 20.6. The minimum absolute atomic E-state index is 0.00475. The molecule has 1 aliphatic carbocycles. The number of nitrogens with zero attached hydrogens (tertiary/aromatic N) is 3. The molecule has 0 unspecified atom stereocenters. The van der Waals surface area contributed by atoms with Crippen molar-refractivity contribution in [3.05, 3.63) is 72.2 Å². The average Bonchev–Trinajstić information content (AvgIpc) is 3.72. The van der Waals surface area contributed by atoms with Gasteiger partial charge in [0.15, 0.2) is 17.4 Å². The summed E-state index contributed by atoms with van der Waals surface area (Å²) in [4.78, 5) is 43.7. The number of ether oxygens (including phenoxy) is 1. The van der Waals surface area contributed by atoms with E-state index in [9.17, 15) is 23.9 Å². The molecule has 2 fully saturated rings. The molecule has 44 heavy (non-hydrogen) atoms. The van der Waals surface area contributed by atoms with Crippen LogP contribution in [0.4, 0.5) is 35.2 Å². The topological polar surface area (TPSA) is 213 Å². The molecular formula is C26H24F3N5O9S. The van der Waals surface area contributed by atoms with Crippen LogP contribution in [0, 0.1) is 22.9 Å². The molecule has 1 saturated carbocycles. The number of amides is 4. The summed E-state index contributed by atoms with van der Waals surface area (Å²) in [6, 6.07) is 8.05. The minimum atomic E-state index is -4.67. The number of aromatic nitrogens is 1. The van der Waals surface area contributed by atoms with Crippen LogP contribution < -0.4 is 20.7 Å². The summed E-state index contributed by atoms with van der Waals surface area (Å²) in [6.45, 7) is 0.355. The Morgan fingerprint density at radius 3 is 2.18 bits per heavy atom. The number of benzene rings is 2. The van der Waals surface area contributed by atoms with Gasteiger partial charge in [-0.25, -0.2) is 22.9 Å². The molecule has 14 nitrogen and oxygen atoms in total. The lowest BCUT2D eigenvalue weighted by Crippen LogP contribution is -2.54. The molecule has 2 aromatic carbocycles. The molecule has 0 radical (unpaired) electrons. The Kier molecular flexibility index (Phi) is 9.09. The van der Waals surface area contributed by atoms with E-state index in [1.807, 2.05) is 0 Å². The molecule has 1 aliphatic heterocycles. The van der Waals surface area contributed by atoms with Crippen LogP contribution in [-0.4, -0.2) is 69.6 Å². The van der Waals surface area contributed by atoms with E-state index in [-0.39, 0.29) is 43.2 Å². The van der Waals surface area contributed by atoms with Crippen molar-refractivity contribution >= 4 is 45.4 Å². The fraction of sp³-hybridized carbons (Fsp3) is 0.231. The van der Waals surface area contributed by atoms with Crippen molar-refractivity contribution in [1.82, 2.24) is 9.88 Å². The smallest absolute Gasteiger partial charge is 0.394 e. The molecular weight excluding hydrogens is 615 g/mol. The second-order valence-corrected chi connectivity index (χ2v) is 10.6. The molecule has 2 heterocycles. The Hall–Kier alpha value is -4.78. The molecule has 0 atom stereocenters. The first-order valence-corrected chi connectivity index (χ1v) is 13.9. The van der Waals surface area contributed by atoms with Gasteiger partial charge in [0.25, 0.3) is 0 Å². The molecule has 4 amide bonds. The maximum absolute atomic E-state index is 15.4. The van der Waals surface area contributed by atoms with Crippen LogP contribution >= 0.6 is 0 Å². The van der Waals surface area contributed by atoms with Crippen LogP contribution in [-0.2, 0) is 20.0 Å². The van der Waals surface area contributed by atoms with Crippen molar-refractivity contribution < 1.29 is 54.9 Å². The second kappa shape index (κ2) is 12.4. The van der Waals surface area contributed by atoms with Gasteiger partial charge in [0, 0.05) is 30.1 Å². The first-order valence-electron chi connectivity index (χ1n) is 12.5. The van der Waals surface area contributed by atoms with Gasteiger partial charge in [-0.05, 0) is 43.2 Å². The summed E-state index contributed by atoms with van der Waals surface area (Å²) >= 11 is 0. The number of aliphatic hydroxyl groups is 1. The Bertz CT molecular complexity index is 1690. The molecule has 0 bridgehead atoms. The highest BCUT2D eigenvalue weighted by Crippen LogP contribution is 2.49. The Balaban J connectivity index is 0.000000818. The van der Waals surface area contributed by atoms with E-state index < -0.39 is 68.7 Å². The molecule has 234 valence electrons. The fourth-order valence-electron chi connectivity index (χ4n) is 4.11. The molecule has 18 heteroatoms. The van der Waals surface area contributed by atoms with E-state index in [4.69, 9.17) is 28.0 Å². The number of primary amides is 1. The van der Waals surface area contributed by atoms with E-state index in [2.05, 4.69) is 10.3 Å². The number of anilines is 3. The number of nitrogens with one attached hydrogen (secondary N) is 1. The van der Waals surface area contributed by atoms with Gasteiger partial charge in [-0.3, -0.25) is 28.9 Å². The molecule has 5 rings (SSSR count). The summed E-state index contributed by atoms with van der Waals surface area (Å²) in [5.74, 6) is -4.93. The number of pyridine rings is 1. The fourth-order valence-corrected chi connectivity index (χ4v) is 4.11. The third-order valence-corrected chi connectivity index (χ3v) is 6.50. The highest BCUT2D eigenvalue weighted by molar-refractivity contribution is 7.79. The number of urea groups is 1. The van der Waals surface area contributed by atoms with Gasteiger partial charge in [0.1, 0.15) is 22.8 Å². The van der Waals surface area contributed by atoms with Crippen LogP contribution in [0.15, 0.2) is 54.7 Å². The van der Waals surface area contributed by atoms with Crippen molar-refractivity contribution in [3.8, 4) is 11.5 Å². The summed E-state index contributed by atoms with van der Waals surface area (Å²) in [6.07, 6.45) is 0.984. The van der Waals surface area contributed by atoms with E-state index in [0.717, 1.165) is 29.2 Å². The van der Waals surface area contributed by atoms with Crippen molar-refractivity contribution in [2.45, 2.75) is 18.9 Å². The molecule has 1 aromatic heterocycles. The lowest BCUT2D eigenvalue weighted by Gasteiger charge is -2.35. The zero-order valence-corrected chi connectivity index (χ0v) is 23.2. The highest BCUT2D eigenvalue weighted by Gasteiger charge is 2.57. The quantitative estimate of drug-likeness (QED) is 0.188. The number of carbonyl (C=O) groups is 3. The predicted molar refractivity (Wildman–Crippen MR) is 146 cm³/mol. The van der Waals surface area contributed by atoms with E-state index >= 15 is 8.78 Å². The normalized spacial score (nSPS) is 15.3. The standard InChI is InChI=1S/C26H22F3N5O5.H2O4S/c27-14-1-3-15(4-2-14)34(24(37)26(6-7-26)23(30)36)20-10-19(29)21(11-18(20)28)39-17-5-8-31-22(9-17)32-25(38)33-12-16(35)13-33;1-5(2,3)4/h1-5,8-11,16,35H,6-7,12-13H2,(H2,30,36)(H,31,32,38);(H2,1,2,3,4). The molecule has 1 saturated heterocycles. The molecule has 2 aliphatic rings. The minimum Gasteiger partial charge on any atom is -0.454 e. The molecule has 3 aromatic rings. The largest absolute Gasteiger partial charge is 0.454 e. The summed E-state index contributed by atoms with van der Waals surface area (Å²) in [7, 11) is -4.67. The Morgan fingerprint density at radius 2 is 1.64 bits per heavy atom. The van der Waals surface area contributed by atoms with Gasteiger partial charge < -0.3 is 20.5 Å². The number of rotatable bonds is 7. The first kappa shape index (κ1) is 32.1. The monoisotopic (exact) mass is 639 g/mol. The Labute approximate surface area is 247 Å². The van der Waals surface area contributed by atoms with Crippen LogP contribution in [0.5, 0.6) is 11.5 Å². The zero-order chi connectivity index (χ0) is 32.4. The number of nitrogens with two attached hydrogens (primary N) is 1. The summed E-state index contributed by atoms with van der Waals surface area (Å²) < 4.78 is 81.2. The third-order valence-electron chi connectivity index (χ3n) is 6.50. The highest BCUT2D eigenvalue weighted by atomic mass is 32.3. The van der Waals surface area contributed by atoms with Gasteiger partial charge in [0.05, 0.1) is 24.9 Å². The average molecular weight is 640 g/mol. The van der Waals surface area contributed by atoms with Crippen molar-refractivity contribution in [1.29, 1.82) is 0 Å². The molecule has 6 N–H and O–H groups in total. The van der Waals surface area contributed by atoms with E-state index in [1.165, 1.54) is 35.4 Å². The SMILES string of the molecule is NC(=O)C1(C(=O)N(c2ccc(F)cc2)c2cc(F)c(Oc3ccnc(NC(=O)N4CC(O)C4)c3)cc2F)CC1.O=S(=O)(O)O. The maximum Gasteiger partial charge on any atom is 0.394 e. The van der Waals surface area contributed by atoms with Gasteiger partial charge in [0.2, 0.25) is 11.8 Å². The van der Waals surface area contributed by atoms with Crippen LogP contribution in [0.25, 0.3) is 0 Å². The second-order valence-electron chi connectivity index (χ2n) is 9.71. The number of aliphatic hydroxyl groups excluding tert-OH is 1. The van der Waals surface area contributed by atoms with Crippen LogP contribution in [0.3, 0.4) is 0 Å².